The van der Waals surface area contributed by atoms with Crippen LogP contribution in [0.3, 0.4) is 0 Å². The lowest BCUT2D eigenvalue weighted by Gasteiger charge is -2.07. The monoisotopic (exact) mass is 258 g/mol. The standard InChI is InChI=1S/C13H14N4O2/c1-14-12-10-4-3-8(5-11(10)16-13(12)18)19-9-6-15-17(2)7-9/h3-7,12,14H,1-2H3,(H,16,18). The summed E-state index contributed by atoms with van der Waals surface area (Å²) in [6, 6.07) is 5.26. The number of hydrogen-bond acceptors (Lipinski definition) is 4. The van der Waals surface area contributed by atoms with Crippen LogP contribution in [0, 0.1) is 0 Å². The molecule has 0 bridgehead atoms. The summed E-state index contributed by atoms with van der Waals surface area (Å²) in [5, 5.41) is 9.84. The van der Waals surface area contributed by atoms with Gasteiger partial charge in [-0.1, -0.05) is 6.07 Å². The largest absolute Gasteiger partial charge is 0.454 e. The zero-order valence-corrected chi connectivity index (χ0v) is 10.7. The highest BCUT2D eigenvalue weighted by atomic mass is 16.5. The highest BCUT2D eigenvalue weighted by molar-refractivity contribution is 6.02. The molecule has 2 aromatic rings. The number of carbonyl (C=O) groups is 1. The third-order valence-electron chi connectivity index (χ3n) is 3.06. The SMILES string of the molecule is CNC1C(=O)Nc2cc(Oc3cnn(C)c3)ccc21. The number of fused-ring (bicyclic) bond motifs is 1. The molecule has 1 aliphatic heterocycles. The summed E-state index contributed by atoms with van der Waals surface area (Å²) in [7, 11) is 3.59. The minimum Gasteiger partial charge on any atom is -0.454 e. The Bertz CT molecular complexity index is 635. The van der Waals surface area contributed by atoms with Crippen LogP contribution in [-0.4, -0.2) is 22.7 Å². The summed E-state index contributed by atoms with van der Waals surface area (Å²) in [5.74, 6) is 1.29. The van der Waals surface area contributed by atoms with Gasteiger partial charge in [0.15, 0.2) is 5.75 Å². The molecule has 0 aliphatic carbocycles. The fraction of sp³-hybridized carbons (Fsp3) is 0.231. The van der Waals surface area contributed by atoms with E-state index < -0.39 is 0 Å². The number of nitrogens with zero attached hydrogens (tertiary/aromatic N) is 2. The van der Waals surface area contributed by atoms with Crippen LogP contribution in [0.4, 0.5) is 5.69 Å². The van der Waals surface area contributed by atoms with Crippen molar-refractivity contribution in [2.45, 2.75) is 6.04 Å². The van der Waals surface area contributed by atoms with Crippen LogP contribution in [0.15, 0.2) is 30.6 Å². The van der Waals surface area contributed by atoms with E-state index in [2.05, 4.69) is 15.7 Å². The summed E-state index contributed by atoms with van der Waals surface area (Å²) < 4.78 is 7.34. The Morgan fingerprint density at radius 1 is 1.42 bits per heavy atom. The number of aryl methyl sites for hydroxylation is 1. The highest BCUT2D eigenvalue weighted by Gasteiger charge is 2.29. The van der Waals surface area contributed by atoms with Gasteiger partial charge < -0.3 is 15.4 Å². The van der Waals surface area contributed by atoms with Crippen LogP contribution in [0.25, 0.3) is 0 Å². The lowest BCUT2D eigenvalue weighted by atomic mass is 10.1. The number of aromatic nitrogens is 2. The maximum absolute atomic E-state index is 11.7. The van der Waals surface area contributed by atoms with Gasteiger partial charge in [-0.25, -0.2) is 0 Å². The molecule has 1 aromatic carbocycles. The van der Waals surface area contributed by atoms with Gasteiger partial charge in [0, 0.05) is 24.4 Å². The Balaban J connectivity index is 1.87. The zero-order chi connectivity index (χ0) is 13.4. The number of likely N-dealkylation sites (N-methyl/N-ethyl adjacent to an activating group) is 1. The second kappa shape index (κ2) is 4.40. The van der Waals surface area contributed by atoms with E-state index in [-0.39, 0.29) is 11.9 Å². The minimum absolute atomic E-state index is 0.0453. The molecule has 1 amide bonds. The van der Waals surface area contributed by atoms with Gasteiger partial charge in [0.1, 0.15) is 11.8 Å². The average Bonchev–Trinajstić information content (AvgIpc) is 2.91. The van der Waals surface area contributed by atoms with E-state index in [1.54, 1.807) is 24.1 Å². The molecule has 1 unspecified atom stereocenters. The van der Waals surface area contributed by atoms with E-state index in [9.17, 15) is 4.79 Å². The molecule has 0 spiro atoms. The quantitative estimate of drug-likeness (QED) is 0.873. The Labute approximate surface area is 110 Å². The van der Waals surface area contributed by atoms with Gasteiger partial charge in [-0.15, -0.1) is 0 Å². The van der Waals surface area contributed by atoms with Gasteiger partial charge in [0.2, 0.25) is 5.91 Å². The number of anilines is 1. The maximum atomic E-state index is 11.7. The van der Waals surface area contributed by atoms with Gasteiger partial charge in [-0.2, -0.15) is 5.10 Å². The van der Waals surface area contributed by atoms with Crippen molar-refractivity contribution in [2.75, 3.05) is 12.4 Å². The van der Waals surface area contributed by atoms with Gasteiger partial charge in [0.05, 0.1) is 12.4 Å². The smallest absolute Gasteiger partial charge is 0.246 e. The molecule has 2 heterocycles. The van der Waals surface area contributed by atoms with Gasteiger partial charge in [-0.3, -0.25) is 9.48 Å². The second-order valence-electron chi connectivity index (χ2n) is 4.41. The third-order valence-corrected chi connectivity index (χ3v) is 3.06. The number of benzene rings is 1. The van der Waals surface area contributed by atoms with Crippen molar-refractivity contribution in [2.24, 2.45) is 7.05 Å². The number of nitrogens with one attached hydrogen (secondary N) is 2. The lowest BCUT2D eigenvalue weighted by Crippen LogP contribution is -2.23. The van der Waals surface area contributed by atoms with E-state index in [4.69, 9.17) is 4.74 Å². The van der Waals surface area contributed by atoms with Crippen LogP contribution in [0.5, 0.6) is 11.5 Å². The van der Waals surface area contributed by atoms with Crippen molar-refractivity contribution in [3.63, 3.8) is 0 Å². The second-order valence-corrected chi connectivity index (χ2v) is 4.41. The minimum atomic E-state index is -0.289. The van der Waals surface area contributed by atoms with Gasteiger partial charge >= 0.3 is 0 Å². The molecule has 98 valence electrons. The van der Waals surface area contributed by atoms with Gasteiger partial charge in [-0.05, 0) is 13.1 Å². The highest BCUT2D eigenvalue weighted by Crippen LogP contribution is 2.34. The molecule has 0 saturated carbocycles. The van der Waals surface area contributed by atoms with E-state index in [1.807, 2.05) is 25.2 Å². The first-order valence-corrected chi connectivity index (χ1v) is 5.96. The first-order chi connectivity index (χ1) is 9.17. The predicted octanol–water partition coefficient (Wildman–Crippen LogP) is 1.42. The molecule has 0 radical (unpaired) electrons. The molecule has 6 nitrogen and oxygen atoms in total. The Kier molecular flexibility index (Phi) is 2.72. The Morgan fingerprint density at radius 2 is 2.26 bits per heavy atom. The van der Waals surface area contributed by atoms with Crippen LogP contribution in [0.2, 0.25) is 0 Å². The molecule has 1 atom stereocenters. The van der Waals surface area contributed by atoms with E-state index in [0.29, 0.717) is 11.5 Å². The first-order valence-electron chi connectivity index (χ1n) is 5.96. The number of ether oxygens (including phenoxy) is 1. The fourth-order valence-corrected chi connectivity index (χ4v) is 2.18. The summed E-state index contributed by atoms with van der Waals surface area (Å²) >= 11 is 0. The Hall–Kier alpha value is -2.34. The molecule has 0 fully saturated rings. The van der Waals surface area contributed by atoms with Crippen molar-refractivity contribution >= 4 is 11.6 Å². The summed E-state index contributed by atoms with van der Waals surface area (Å²) in [6.45, 7) is 0. The summed E-state index contributed by atoms with van der Waals surface area (Å²) in [4.78, 5) is 11.7. The van der Waals surface area contributed by atoms with Gasteiger partial charge in [0.25, 0.3) is 0 Å². The van der Waals surface area contributed by atoms with E-state index in [1.165, 1.54) is 0 Å². The van der Waals surface area contributed by atoms with E-state index in [0.717, 1.165) is 11.3 Å². The van der Waals surface area contributed by atoms with E-state index >= 15 is 0 Å². The normalized spacial score (nSPS) is 17.2. The lowest BCUT2D eigenvalue weighted by molar-refractivity contribution is -0.117. The average molecular weight is 258 g/mol. The fourth-order valence-electron chi connectivity index (χ4n) is 2.18. The zero-order valence-electron chi connectivity index (χ0n) is 10.7. The van der Waals surface area contributed by atoms with Crippen LogP contribution < -0.4 is 15.4 Å². The van der Waals surface area contributed by atoms with Crippen molar-refractivity contribution in [1.29, 1.82) is 0 Å². The molecular weight excluding hydrogens is 244 g/mol. The summed E-state index contributed by atoms with van der Waals surface area (Å²) in [6.07, 6.45) is 3.42. The van der Waals surface area contributed by atoms with Crippen molar-refractivity contribution in [3.05, 3.63) is 36.2 Å². The van der Waals surface area contributed by atoms with Crippen LogP contribution in [-0.2, 0) is 11.8 Å². The van der Waals surface area contributed by atoms with Crippen molar-refractivity contribution in [3.8, 4) is 11.5 Å². The topological polar surface area (TPSA) is 68.2 Å². The molecular formula is C13H14N4O2. The van der Waals surface area contributed by atoms with Crippen molar-refractivity contribution in [1.82, 2.24) is 15.1 Å². The van der Waals surface area contributed by atoms with Crippen LogP contribution >= 0.6 is 0 Å². The Morgan fingerprint density at radius 3 is 2.95 bits per heavy atom. The molecule has 0 saturated heterocycles. The first kappa shape index (κ1) is 11.7. The number of hydrogen-bond donors (Lipinski definition) is 2. The third kappa shape index (κ3) is 2.06. The van der Waals surface area contributed by atoms with Crippen LogP contribution in [0.1, 0.15) is 11.6 Å². The number of amides is 1. The molecule has 19 heavy (non-hydrogen) atoms. The molecule has 6 heteroatoms. The summed E-state index contributed by atoms with van der Waals surface area (Å²) in [5.41, 5.74) is 1.72. The molecule has 1 aromatic heterocycles. The van der Waals surface area contributed by atoms with Crippen molar-refractivity contribution < 1.29 is 9.53 Å². The number of rotatable bonds is 3. The maximum Gasteiger partial charge on any atom is 0.246 e. The molecule has 1 aliphatic rings. The molecule has 3 rings (SSSR count). The molecule has 2 N–H and O–H groups in total. The predicted molar refractivity (Wildman–Crippen MR) is 70.2 cm³/mol. The number of carbonyl (C=O) groups excluding carboxylic acids is 1.